The van der Waals surface area contributed by atoms with Crippen LogP contribution in [0.5, 0.6) is 5.75 Å². The highest BCUT2D eigenvalue weighted by atomic mass is 16.3. The van der Waals surface area contributed by atoms with Crippen LogP contribution < -0.4 is 0 Å². The van der Waals surface area contributed by atoms with E-state index >= 15 is 0 Å². The molecule has 96 valence electrons. The third kappa shape index (κ3) is 2.04. The van der Waals surface area contributed by atoms with Crippen molar-refractivity contribution in [1.29, 1.82) is 0 Å². The predicted molar refractivity (Wildman–Crippen MR) is 78.4 cm³/mol. The molecule has 0 unspecified atom stereocenters. The molecule has 0 saturated heterocycles. The lowest BCUT2D eigenvalue weighted by Crippen LogP contribution is -2.15. The molecule has 0 saturated carbocycles. The standard InChI is InChI=1S/C17H16O2/c1-17(2,19)16-5-3-4-12-8-11-6-7-14(18)9-13(11)10-15(12)16/h3-10,18-19H,1-2H3. The molecule has 0 aliphatic heterocycles. The zero-order valence-corrected chi connectivity index (χ0v) is 11.0. The van der Waals surface area contributed by atoms with Crippen LogP contribution in [-0.4, -0.2) is 10.2 Å². The van der Waals surface area contributed by atoms with E-state index in [1.807, 2.05) is 30.3 Å². The molecule has 0 bridgehead atoms. The number of benzene rings is 3. The zero-order valence-electron chi connectivity index (χ0n) is 11.0. The molecule has 2 heteroatoms. The van der Waals surface area contributed by atoms with Crippen LogP contribution in [0.4, 0.5) is 0 Å². The molecule has 2 nitrogen and oxygen atoms in total. The van der Waals surface area contributed by atoms with E-state index in [1.54, 1.807) is 26.0 Å². The number of aliphatic hydroxyl groups is 1. The Balaban J connectivity index is 2.42. The lowest BCUT2D eigenvalue weighted by atomic mass is 9.91. The first-order valence-electron chi connectivity index (χ1n) is 6.33. The molecule has 0 radical (unpaired) electrons. The van der Waals surface area contributed by atoms with Gasteiger partial charge < -0.3 is 10.2 Å². The summed E-state index contributed by atoms with van der Waals surface area (Å²) in [6, 6.07) is 15.4. The summed E-state index contributed by atoms with van der Waals surface area (Å²) in [5, 5.41) is 24.0. The van der Waals surface area contributed by atoms with Crippen LogP contribution in [-0.2, 0) is 5.60 Å². The third-order valence-electron chi connectivity index (χ3n) is 3.48. The fourth-order valence-corrected chi connectivity index (χ4v) is 2.55. The number of fused-ring (bicyclic) bond motifs is 2. The predicted octanol–water partition coefficient (Wildman–Crippen LogP) is 3.93. The molecule has 0 fully saturated rings. The third-order valence-corrected chi connectivity index (χ3v) is 3.48. The van der Waals surface area contributed by atoms with E-state index < -0.39 is 5.60 Å². The lowest BCUT2D eigenvalue weighted by Gasteiger charge is -2.20. The lowest BCUT2D eigenvalue weighted by molar-refractivity contribution is 0.0802. The average Bonchev–Trinajstić information content (AvgIpc) is 2.34. The van der Waals surface area contributed by atoms with Crippen molar-refractivity contribution >= 4 is 21.5 Å². The molecule has 3 aromatic rings. The van der Waals surface area contributed by atoms with Gasteiger partial charge in [0.2, 0.25) is 0 Å². The normalized spacial score (nSPS) is 12.2. The van der Waals surface area contributed by atoms with E-state index in [2.05, 4.69) is 6.07 Å². The Morgan fingerprint density at radius 2 is 1.63 bits per heavy atom. The second-order valence-electron chi connectivity index (χ2n) is 5.47. The summed E-state index contributed by atoms with van der Waals surface area (Å²) < 4.78 is 0. The summed E-state index contributed by atoms with van der Waals surface area (Å²) in [5.41, 5.74) is 0.0135. The van der Waals surface area contributed by atoms with E-state index in [0.29, 0.717) is 0 Å². The topological polar surface area (TPSA) is 40.5 Å². The Kier molecular flexibility index (Phi) is 2.51. The molecule has 0 amide bonds. The van der Waals surface area contributed by atoms with Crippen molar-refractivity contribution in [3.8, 4) is 5.75 Å². The van der Waals surface area contributed by atoms with Crippen molar-refractivity contribution < 1.29 is 10.2 Å². The Labute approximate surface area is 111 Å². The number of hydrogen-bond acceptors (Lipinski definition) is 2. The van der Waals surface area contributed by atoms with Crippen molar-refractivity contribution in [2.75, 3.05) is 0 Å². The number of phenolic OH excluding ortho intramolecular Hbond substituents is 1. The van der Waals surface area contributed by atoms with Gasteiger partial charge in [0.05, 0.1) is 5.60 Å². The van der Waals surface area contributed by atoms with Crippen LogP contribution >= 0.6 is 0 Å². The van der Waals surface area contributed by atoms with Crippen LogP contribution in [0.3, 0.4) is 0 Å². The molecular formula is C17H16O2. The number of rotatable bonds is 1. The minimum absolute atomic E-state index is 0.257. The molecule has 0 spiro atoms. The van der Waals surface area contributed by atoms with Gasteiger partial charge in [0, 0.05) is 0 Å². The minimum Gasteiger partial charge on any atom is -0.508 e. The van der Waals surface area contributed by atoms with E-state index in [0.717, 1.165) is 27.1 Å². The van der Waals surface area contributed by atoms with Crippen molar-refractivity contribution in [1.82, 2.24) is 0 Å². The Morgan fingerprint density at radius 1 is 0.842 bits per heavy atom. The van der Waals surface area contributed by atoms with Gasteiger partial charge in [-0.15, -0.1) is 0 Å². The van der Waals surface area contributed by atoms with E-state index in [1.165, 1.54) is 0 Å². The van der Waals surface area contributed by atoms with Gasteiger partial charge in [-0.05, 0) is 65.2 Å². The van der Waals surface area contributed by atoms with Crippen LogP contribution in [0, 0.1) is 0 Å². The second kappa shape index (κ2) is 3.97. The Hall–Kier alpha value is -2.06. The van der Waals surface area contributed by atoms with Crippen molar-refractivity contribution in [3.63, 3.8) is 0 Å². The Morgan fingerprint density at radius 3 is 2.37 bits per heavy atom. The van der Waals surface area contributed by atoms with Crippen molar-refractivity contribution in [2.24, 2.45) is 0 Å². The first-order valence-corrected chi connectivity index (χ1v) is 6.33. The first-order chi connectivity index (χ1) is 8.95. The molecule has 3 aromatic carbocycles. The fourth-order valence-electron chi connectivity index (χ4n) is 2.55. The van der Waals surface area contributed by atoms with Gasteiger partial charge in [-0.25, -0.2) is 0 Å². The first kappa shape index (κ1) is 12.0. The highest BCUT2D eigenvalue weighted by molar-refractivity contribution is 6.00. The van der Waals surface area contributed by atoms with Crippen LogP contribution in [0.1, 0.15) is 19.4 Å². The van der Waals surface area contributed by atoms with Crippen LogP contribution in [0.15, 0.2) is 48.5 Å². The maximum atomic E-state index is 10.3. The van der Waals surface area contributed by atoms with Crippen molar-refractivity contribution in [3.05, 3.63) is 54.1 Å². The molecule has 19 heavy (non-hydrogen) atoms. The number of hydrogen-bond donors (Lipinski definition) is 2. The summed E-state index contributed by atoms with van der Waals surface area (Å²) in [6.45, 7) is 3.57. The van der Waals surface area contributed by atoms with Gasteiger partial charge in [0.1, 0.15) is 5.75 Å². The monoisotopic (exact) mass is 252 g/mol. The summed E-state index contributed by atoms with van der Waals surface area (Å²) >= 11 is 0. The highest BCUT2D eigenvalue weighted by Gasteiger charge is 2.18. The van der Waals surface area contributed by atoms with Gasteiger partial charge >= 0.3 is 0 Å². The van der Waals surface area contributed by atoms with Crippen LogP contribution in [0.2, 0.25) is 0 Å². The van der Waals surface area contributed by atoms with Crippen molar-refractivity contribution in [2.45, 2.75) is 19.4 Å². The molecule has 0 atom stereocenters. The average molecular weight is 252 g/mol. The minimum atomic E-state index is -0.885. The summed E-state index contributed by atoms with van der Waals surface area (Å²) in [4.78, 5) is 0. The molecule has 3 rings (SSSR count). The molecule has 0 aliphatic rings. The summed E-state index contributed by atoms with van der Waals surface area (Å²) in [5.74, 6) is 0.257. The number of aromatic hydroxyl groups is 1. The molecule has 0 heterocycles. The highest BCUT2D eigenvalue weighted by Crippen LogP contribution is 2.32. The molecule has 0 aromatic heterocycles. The second-order valence-corrected chi connectivity index (χ2v) is 5.47. The quantitative estimate of drug-likeness (QED) is 0.644. The fraction of sp³-hybridized carbons (Fsp3) is 0.176. The SMILES string of the molecule is CC(C)(O)c1cccc2cc3ccc(O)cc3cc12. The van der Waals surface area contributed by atoms with E-state index in [4.69, 9.17) is 0 Å². The van der Waals surface area contributed by atoms with Crippen LogP contribution in [0.25, 0.3) is 21.5 Å². The maximum absolute atomic E-state index is 10.3. The zero-order chi connectivity index (χ0) is 13.6. The summed E-state index contributed by atoms with van der Waals surface area (Å²) in [6.07, 6.45) is 0. The van der Waals surface area contributed by atoms with Gasteiger partial charge in [-0.1, -0.05) is 24.3 Å². The molecule has 2 N–H and O–H groups in total. The van der Waals surface area contributed by atoms with Gasteiger partial charge in [-0.2, -0.15) is 0 Å². The van der Waals surface area contributed by atoms with Gasteiger partial charge in [0.25, 0.3) is 0 Å². The number of phenols is 1. The molecular weight excluding hydrogens is 236 g/mol. The maximum Gasteiger partial charge on any atom is 0.116 e. The van der Waals surface area contributed by atoms with Gasteiger partial charge in [0.15, 0.2) is 0 Å². The van der Waals surface area contributed by atoms with E-state index in [-0.39, 0.29) is 5.75 Å². The van der Waals surface area contributed by atoms with Gasteiger partial charge in [-0.3, -0.25) is 0 Å². The smallest absolute Gasteiger partial charge is 0.116 e. The largest absolute Gasteiger partial charge is 0.508 e. The van der Waals surface area contributed by atoms with E-state index in [9.17, 15) is 10.2 Å². The molecule has 0 aliphatic carbocycles. The summed E-state index contributed by atoms with van der Waals surface area (Å²) in [7, 11) is 0. The Bertz CT molecular complexity index is 767.